The van der Waals surface area contributed by atoms with Crippen molar-refractivity contribution < 1.29 is 14.3 Å². The molecule has 0 bridgehead atoms. The first-order valence-corrected chi connectivity index (χ1v) is 8.08. The highest BCUT2D eigenvalue weighted by atomic mass is 79.9. The molecule has 0 aromatic heterocycles. The first-order chi connectivity index (χ1) is 11.1. The maximum atomic E-state index is 12.8. The molecule has 1 N–H and O–H groups in total. The second-order valence-corrected chi connectivity index (χ2v) is 6.44. The van der Waals surface area contributed by atoms with Crippen LogP contribution in [0.2, 0.25) is 0 Å². The van der Waals surface area contributed by atoms with Crippen molar-refractivity contribution in [2.45, 2.75) is 6.42 Å². The van der Waals surface area contributed by atoms with Crippen molar-refractivity contribution in [3.05, 3.63) is 52.0 Å². The number of anilines is 2. The number of nitrogens with one attached hydrogen (secondary N) is 1. The van der Waals surface area contributed by atoms with Crippen LogP contribution >= 0.6 is 15.9 Å². The van der Waals surface area contributed by atoms with Gasteiger partial charge in [0.1, 0.15) is 5.75 Å². The quantitative estimate of drug-likeness (QED) is 0.836. The van der Waals surface area contributed by atoms with Crippen LogP contribution in [-0.4, -0.2) is 25.0 Å². The number of hydrogen-bond acceptors (Lipinski definition) is 3. The molecule has 5 nitrogen and oxygen atoms in total. The van der Waals surface area contributed by atoms with Gasteiger partial charge in [0.15, 0.2) is 6.61 Å². The molecule has 0 aliphatic carbocycles. The van der Waals surface area contributed by atoms with E-state index in [-0.39, 0.29) is 18.4 Å². The zero-order chi connectivity index (χ0) is 16.0. The average molecular weight is 373 g/mol. The number of hydrogen-bond donors (Lipinski definition) is 1. The van der Waals surface area contributed by atoms with Crippen molar-refractivity contribution in [1.29, 1.82) is 0 Å². The Morgan fingerprint density at radius 2 is 2.09 bits per heavy atom. The van der Waals surface area contributed by atoms with E-state index in [1.807, 2.05) is 18.2 Å². The van der Waals surface area contributed by atoms with Crippen LogP contribution in [0.25, 0.3) is 0 Å². The third kappa shape index (κ3) is 2.49. The molecular weight excluding hydrogens is 360 g/mol. The molecule has 2 aromatic rings. The lowest BCUT2D eigenvalue weighted by Gasteiger charge is -2.21. The smallest absolute Gasteiger partial charge is 0.262 e. The van der Waals surface area contributed by atoms with Crippen LogP contribution < -0.4 is 15.0 Å². The van der Waals surface area contributed by atoms with Crippen LogP contribution in [0.1, 0.15) is 15.9 Å². The summed E-state index contributed by atoms with van der Waals surface area (Å²) in [5, 5.41) is 2.72. The fourth-order valence-corrected chi connectivity index (χ4v) is 3.35. The van der Waals surface area contributed by atoms with Gasteiger partial charge in [0, 0.05) is 22.3 Å². The van der Waals surface area contributed by atoms with Gasteiger partial charge in [-0.3, -0.25) is 9.59 Å². The number of ether oxygens (including phenoxy) is 1. The molecule has 4 rings (SSSR count). The molecule has 116 valence electrons. The molecule has 23 heavy (non-hydrogen) atoms. The summed E-state index contributed by atoms with van der Waals surface area (Å²) in [6, 6.07) is 11.1. The van der Waals surface area contributed by atoms with Crippen molar-refractivity contribution in [2.75, 3.05) is 23.4 Å². The normalized spacial score (nSPS) is 15.5. The molecule has 0 saturated heterocycles. The number of carbonyl (C=O) groups excluding carboxylic acids is 2. The maximum absolute atomic E-state index is 12.8. The molecule has 0 radical (unpaired) electrons. The summed E-state index contributed by atoms with van der Waals surface area (Å²) in [6.07, 6.45) is 0.845. The van der Waals surface area contributed by atoms with Crippen LogP contribution in [-0.2, 0) is 11.2 Å². The van der Waals surface area contributed by atoms with Gasteiger partial charge in [-0.2, -0.15) is 0 Å². The lowest BCUT2D eigenvalue weighted by molar-refractivity contribution is -0.118. The molecule has 0 saturated carbocycles. The highest BCUT2D eigenvalue weighted by Gasteiger charge is 2.27. The number of fused-ring (bicyclic) bond motifs is 2. The van der Waals surface area contributed by atoms with E-state index < -0.39 is 0 Å². The highest BCUT2D eigenvalue weighted by molar-refractivity contribution is 9.10. The zero-order valence-electron chi connectivity index (χ0n) is 12.1. The minimum absolute atomic E-state index is 0.0226. The van der Waals surface area contributed by atoms with Gasteiger partial charge in [0.2, 0.25) is 0 Å². The van der Waals surface area contributed by atoms with Crippen LogP contribution in [0.3, 0.4) is 0 Å². The minimum atomic E-state index is -0.185. The van der Waals surface area contributed by atoms with Crippen molar-refractivity contribution in [3.63, 3.8) is 0 Å². The summed E-state index contributed by atoms with van der Waals surface area (Å²) >= 11 is 3.46. The zero-order valence-corrected chi connectivity index (χ0v) is 13.7. The summed E-state index contributed by atoms with van der Waals surface area (Å²) < 4.78 is 6.40. The molecule has 2 aliphatic heterocycles. The van der Waals surface area contributed by atoms with E-state index in [1.165, 1.54) is 0 Å². The second-order valence-electron chi connectivity index (χ2n) is 5.53. The van der Waals surface area contributed by atoms with E-state index in [0.29, 0.717) is 23.5 Å². The average Bonchev–Trinajstić information content (AvgIpc) is 2.96. The third-order valence-electron chi connectivity index (χ3n) is 4.04. The summed E-state index contributed by atoms with van der Waals surface area (Å²) in [7, 11) is 0. The largest absolute Gasteiger partial charge is 0.482 e. The lowest BCUT2D eigenvalue weighted by atomic mass is 10.1. The fourth-order valence-electron chi connectivity index (χ4n) is 2.94. The molecule has 2 aliphatic rings. The number of carbonyl (C=O) groups is 2. The monoisotopic (exact) mass is 372 g/mol. The van der Waals surface area contributed by atoms with Gasteiger partial charge in [-0.25, -0.2) is 0 Å². The standard InChI is InChI=1S/C17H13BrN2O3/c18-12-2-4-14-10(7-12)5-6-20(14)17(22)11-1-3-13-15(8-11)23-9-16(21)19-13/h1-4,7-8H,5-6,9H2,(H,19,21). The Morgan fingerprint density at radius 3 is 2.96 bits per heavy atom. The van der Waals surface area contributed by atoms with Crippen LogP contribution in [0.4, 0.5) is 11.4 Å². The number of rotatable bonds is 1. The number of halogens is 1. The number of benzene rings is 2. The van der Waals surface area contributed by atoms with E-state index in [1.54, 1.807) is 23.1 Å². The number of amides is 2. The highest BCUT2D eigenvalue weighted by Crippen LogP contribution is 2.33. The van der Waals surface area contributed by atoms with Crippen molar-refractivity contribution >= 4 is 39.1 Å². The van der Waals surface area contributed by atoms with Gasteiger partial charge in [-0.1, -0.05) is 15.9 Å². The molecule has 0 fully saturated rings. The SMILES string of the molecule is O=C1COc2cc(C(=O)N3CCc4cc(Br)ccc43)ccc2N1. The molecule has 2 aromatic carbocycles. The topological polar surface area (TPSA) is 58.6 Å². The Hall–Kier alpha value is -2.34. The molecule has 0 atom stereocenters. The van der Waals surface area contributed by atoms with Gasteiger partial charge in [-0.15, -0.1) is 0 Å². The molecule has 0 spiro atoms. The molecular formula is C17H13BrN2O3. The van der Waals surface area contributed by atoms with Gasteiger partial charge in [-0.05, 0) is 48.4 Å². The van der Waals surface area contributed by atoms with E-state index in [4.69, 9.17) is 4.74 Å². The summed E-state index contributed by atoms with van der Waals surface area (Å²) in [5.74, 6) is 0.288. The van der Waals surface area contributed by atoms with Crippen LogP contribution in [0.15, 0.2) is 40.9 Å². The predicted molar refractivity (Wildman–Crippen MR) is 90.1 cm³/mol. The molecule has 0 unspecified atom stereocenters. The summed E-state index contributed by atoms with van der Waals surface area (Å²) in [6.45, 7) is 0.643. The second kappa shape index (κ2) is 5.38. The van der Waals surface area contributed by atoms with Gasteiger partial charge >= 0.3 is 0 Å². The Kier molecular flexibility index (Phi) is 3.34. The molecule has 2 heterocycles. The third-order valence-corrected chi connectivity index (χ3v) is 4.54. The maximum Gasteiger partial charge on any atom is 0.262 e. The van der Waals surface area contributed by atoms with Crippen molar-refractivity contribution in [3.8, 4) is 5.75 Å². The minimum Gasteiger partial charge on any atom is -0.482 e. The molecule has 6 heteroatoms. The van der Waals surface area contributed by atoms with E-state index in [9.17, 15) is 9.59 Å². The van der Waals surface area contributed by atoms with E-state index >= 15 is 0 Å². The first-order valence-electron chi connectivity index (χ1n) is 7.29. The Balaban J connectivity index is 1.65. The first kappa shape index (κ1) is 14.3. The van der Waals surface area contributed by atoms with Gasteiger partial charge < -0.3 is 15.0 Å². The van der Waals surface area contributed by atoms with Gasteiger partial charge in [0.25, 0.3) is 11.8 Å². The molecule has 2 amide bonds. The lowest BCUT2D eigenvalue weighted by Crippen LogP contribution is -2.29. The predicted octanol–water partition coefficient (Wildman–Crippen LogP) is 2.98. The van der Waals surface area contributed by atoms with Crippen molar-refractivity contribution in [2.24, 2.45) is 0 Å². The van der Waals surface area contributed by atoms with E-state index in [0.717, 1.165) is 22.1 Å². The Morgan fingerprint density at radius 1 is 1.22 bits per heavy atom. The summed E-state index contributed by atoms with van der Waals surface area (Å²) in [4.78, 5) is 25.9. The van der Waals surface area contributed by atoms with E-state index in [2.05, 4.69) is 21.2 Å². The Labute approximate surface area is 141 Å². The Bertz CT molecular complexity index is 835. The fraction of sp³-hybridized carbons (Fsp3) is 0.176. The van der Waals surface area contributed by atoms with Crippen molar-refractivity contribution in [1.82, 2.24) is 0 Å². The summed E-state index contributed by atoms with van der Waals surface area (Å²) in [5.41, 5.74) is 3.26. The number of nitrogens with zero attached hydrogens (tertiary/aromatic N) is 1. The van der Waals surface area contributed by atoms with Crippen LogP contribution in [0.5, 0.6) is 5.75 Å². The van der Waals surface area contributed by atoms with Crippen LogP contribution in [0, 0.1) is 0 Å². The van der Waals surface area contributed by atoms with Gasteiger partial charge in [0.05, 0.1) is 5.69 Å².